The number of likely N-dealkylation sites (tertiary alicyclic amines) is 1. The first-order chi connectivity index (χ1) is 7.66. The Morgan fingerprint density at radius 2 is 1.75 bits per heavy atom. The largest absolute Gasteiger partial charge is 0.313 e. The van der Waals surface area contributed by atoms with Crippen LogP contribution in [-0.2, 0) is 0 Å². The van der Waals surface area contributed by atoms with Gasteiger partial charge in [-0.3, -0.25) is 4.90 Å². The van der Waals surface area contributed by atoms with Crippen molar-refractivity contribution >= 4 is 0 Å². The lowest BCUT2D eigenvalue weighted by Gasteiger charge is -2.42. The van der Waals surface area contributed by atoms with Crippen molar-refractivity contribution in [1.82, 2.24) is 15.1 Å². The molecule has 3 nitrogen and oxygen atoms in total. The summed E-state index contributed by atoms with van der Waals surface area (Å²) < 4.78 is 0. The SMILES string of the molecule is CC1CCC(N2CCC(N(C)C)CC2)CN1. The molecule has 0 radical (unpaired) electrons. The number of hydrogen-bond donors (Lipinski definition) is 1. The molecular weight excluding hydrogens is 198 g/mol. The highest BCUT2D eigenvalue weighted by molar-refractivity contribution is 4.86. The fraction of sp³-hybridized carbons (Fsp3) is 1.00. The van der Waals surface area contributed by atoms with Gasteiger partial charge in [0.05, 0.1) is 0 Å². The van der Waals surface area contributed by atoms with E-state index in [9.17, 15) is 0 Å². The number of rotatable bonds is 2. The predicted molar refractivity (Wildman–Crippen MR) is 68.8 cm³/mol. The zero-order valence-corrected chi connectivity index (χ0v) is 11.1. The number of hydrogen-bond acceptors (Lipinski definition) is 3. The Labute approximate surface area is 100 Å². The number of nitrogens with zero attached hydrogens (tertiary/aromatic N) is 2. The van der Waals surface area contributed by atoms with Gasteiger partial charge in [0, 0.05) is 24.7 Å². The van der Waals surface area contributed by atoms with Crippen LogP contribution in [0.15, 0.2) is 0 Å². The molecule has 94 valence electrons. The molecule has 2 atom stereocenters. The van der Waals surface area contributed by atoms with Gasteiger partial charge in [-0.1, -0.05) is 0 Å². The Kier molecular flexibility index (Phi) is 4.22. The van der Waals surface area contributed by atoms with Crippen LogP contribution in [0.25, 0.3) is 0 Å². The van der Waals surface area contributed by atoms with Crippen molar-refractivity contribution in [2.24, 2.45) is 0 Å². The van der Waals surface area contributed by atoms with Crippen LogP contribution in [0.5, 0.6) is 0 Å². The Balaban J connectivity index is 1.76. The van der Waals surface area contributed by atoms with E-state index in [0.717, 1.165) is 18.1 Å². The van der Waals surface area contributed by atoms with Crippen LogP contribution in [0, 0.1) is 0 Å². The summed E-state index contributed by atoms with van der Waals surface area (Å²) in [5.41, 5.74) is 0. The topological polar surface area (TPSA) is 18.5 Å². The molecule has 1 N–H and O–H groups in total. The van der Waals surface area contributed by atoms with Crippen LogP contribution < -0.4 is 5.32 Å². The Morgan fingerprint density at radius 3 is 2.25 bits per heavy atom. The van der Waals surface area contributed by atoms with Gasteiger partial charge in [-0.2, -0.15) is 0 Å². The van der Waals surface area contributed by atoms with Crippen LogP contribution in [0.3, 0.4) is 0 Å². The van der Waals surface area contributed by atoms with Gasteiger partial charge in [-0.05, 0) is 59.8 Å². The van der Waals surface area contributed by atoms with Gasteiger partial charge in [0.2, 0.25) is 0 Å². The van der Waals surface area contributed by atoms with Crippen LogP contribution in [0.2, 0.25) is 0 Å². The molecule has 2 rings (SSSR count). The Morgan fingerprint density at radius 1 is 1.06 bits per heavy atom. The van der Waals surface area contributed by atoms with Crippen molar-refractivity contribution in [2.75, 3.05) is 33.7 Å². The monoisotopic (exact) mass is 225 g/mol. The predicted octanol–water partition coefficient (Wildman–Crippen LogP) is 1.15. The van der Waals surface area contributed by atoms with Crippen molar-refractivity contribution in [3.8, 4) is 0 Å². The maximum Gasteiger partial charge on any atom is 0.0221 e. The molecular formula is C13H27N3. The van der Waals surface area contributed by atoms with Gasteiger partial charge in [-0.25, -0.2) is 0 Å². The van der Waals surface area contributed by atoms with Gasteiger partial charge in [0.25, 0.3) is 0 Å². The quantitative estimate of drug-likeness (QED) is 0.760. The van der Waals surface area contributed by atoms with Crippen molar-refractivity contribution in [3.05, 3.63) is 0 Å². The van der Waals surface area contributed by atoms with Crippen molar-refractivity contribution in [1.29, 1.82) is 0 Å². The third kappa shape index (κ3) is 2.96. The summed E-state index contributed by atoms with van der Waals surface area (Å²) in [7, 11) is 4.42. The molecule has 0 aromatic heterocycles. The molecule has 0 saturated carbocycles. The summed E-state index contributed by atoms with van der Waals surface area (Å²) in [6.45, 7) is 6.09. The van der Waals surface area contributed by atoms with Crippen LogP contribution in [0.4, 0.5) is 0 Å². The molecule has 2 heterocycles. The van der Waals surface area contributed by atoms with Gasteiger partial charge in [0.15, 0.2) is 0 Å². The summed E-state index contributed by atoms with van der Waals surface area (Å²) >= 11 is 0. The summed E-state index contributed by atoms with van der Waals surface area (Å²) in [4.78, 5) is 5.09. The molecule has 2 saturated heterocycles. The van der Waals surface area contributed by atoms with E-state index in [1.807, 2.05) is 0 Å². The van der Waals surface area contributed by atoms with E-state index in [2.05, 4.69) is 36.1 Å². The van der Waals surface area contributed by atoms with Gasteiger partial charge < -0.3 is 10.2 Å². The molecule has 0 amide bonds. The molecule has 16 heavy (non-hydrogen) atoms. The first kappa shape index (κ1) is 12.3. The van der Waals surface area contributed by atoms with Crippen LogP contribution >= 0.6 is 0 Å². The average Bonchev–Trinajstić information content (AvgIpc) is 2.30. The van der Waals surface area contributed by atoms with Gasteiger partial charge >= 0.3 is 0 Å². The number of piperidine rings is 2. The molecule has 0 bridgehead atoms. The molecule has 0 aliphatic carbocycles. The molecule has 2 aliphatic heterocycles. The van der Waals surface area contributed by atoms with E-state index in [4.69, 9.17) is 0 Å². The third-order valence-corrected chi connectivity index (χ3v) is 4.38. The minimum Gasteiger partial charge on any atom is -0.313 e. The zero-order chi connectivity index (χ0) is 11.5. The van der Waals surface area contributed by atoms with E-state index in [1.165, 1.54) is 45.3 Å². The normalized spacial score (nSPS) is 34.5. The lowest BCUT2D eigenvalue weighted by molar-refractivity contribution is 0.0902. The second-order valence-corrected chi connectivity index (χ2v) is 5.77. The molecule has 3 heteroatoms. The minimum atomic E-state index is 0.732. The van der Waals surface area contributed by atoms with Crippen molar-refractivity contribution in [2.45, 2.75) is 50.7 Å². The zero-order valence-electron chi connectivity index (χ0n) is 11.1. The third-order valence-electron chi connectivity index (χ3n) is 4.38. The molecule has 2 aliphatic rings. The lowest BCUT2D eigenvalue weighted by Crippen LogP contribution is -2.52. The smallest absolute Gasteiger partial charge is 0.0221 e. The van der Waals surface area contributed by atoms with E-state index < -0.39 is 0 Å². The van der Waals surface area contributed by atoms with E-state index >= 15 is 0 Å². The van der Waals surface area contributed by atoms with Gasteiger partial charge in [-0.15, -0.1) is 0 Å². The fourth-order valence-corrected chi connectivity index (χ4v) is 3.06. The highest BCUT2D eigenvalue weighted by Crippen LogP contribution is 2.20. The summed E-state index contributed by atoms with van der Waals surface area (Å²) in [5, 5.41) is 3.61. The lowest BCUT2D eigenvalue weighted by atomic mass is 9.96. The first-order valence-electron chi connectivity index (χ1n) is 6.80. The average molecular weight is 225 g/mol. The van der Waals surface area contributed by atoms with Crippen molar-refractivity contribution in [3.63, 3.8) is 0 Å². The first-order valence-corrected chi connectivity index (χ1v) is 6.80. The maximum atomic E-state index is 3.61. The minimum absolute atomic E-state index is 0.732. The maximum absolute atomic E-state index is 3.61. The van der Waals surface area contributed by atoms with Crippen LogP contribution in [0.1, 0.15) is 32.6 Å². The van der Waals surface area contributed by atoms with Crippen LogP contribution in [-0.4, -0.2) is 61.7 Å². The molecule has 0 spiro atoms. The molecule has 2 fully saturated rings. The molecule has 0 aromatic rings. The number of nitrogens with one attached hydrogen (secondary N) is 1. The fourth-order valence-electron chi connectivity index (χ4n) is 3.06. The summed E-state index contributed by atoms with van der Waals surface area (Å²) in [5.74, 6) is 0. The summed E-state index contributed by atoms with van der Waals surface area (Å²) in [6.07, 6.45) is 5.43. The highest BCUT2D eigenvalue weighted by atomic mass is 15.2. The summed E-state index contributed by atoms with van der Waals surface area (Å²) in [6, 6.07) is 2.35. The standard InChI is InChI=1S/C13H27N3/c1-11-4-5-13(10-14-11)16-8-6-12(7-9-16)15(2)3/h11-14H,4-10H2,1-3H3. The van der Waals surface area contributed by atoms with Gasteiger partial charge in [0.1, 0.15) is 0 Å². The second kappa shape index (κ2) is 5.48. The second-order valence-electron chi connectivity index (χ2n) is 5.77. The highest BCUT2D eigenvalue weighted by Gasteiger charge is 2.27. The Hall–Kier alpha value is -0.120. The van der Waals surface area contributed by atoms with E-state index in [0.29, 0.717) is 0 Å². The van der Waals surface area contributed by atoms with E-state index in [-0.39, 0.29) is 0 Å². The molecule has 2 unspecified atom stereocenters. The Bertz CT molecular complexity index is 201. The molecule has 0 aromatic carbocycles. The van der Waals surface area contributed by atoms with Crippen molar-refractivity contribution < 1.29 is 0 Å². The van der Waals surface area contributed by atoms with E-state index in [1.54, 1.807) is 0 Å².